The maximum atomic E-state index is 13.0. The summed E-state index contributed by atoms with van der Waals surface area (Å²) in [5.74, 6) is 2.08. The number of hydrogen-bond acceptors (Lipinski definition) is 7. The largest absolute Gasteiger partial charge is 0.507 e. The lowest BCUT2D eigenvalue weighted by molar-refractivity contribution is 0.101. The highest BCUT2D eigenvalue weighted by Crippen LogP contribution is 2.40. The molecule has 6 rings (SSSR count). The summed E-state index contributed by atoms with van der Waals surface area (Å²) >= 11 is 12.1. The Morgan fingerprint density at radius 3 is 2.41 bits per heavy atom. The third kappa shape index (κ3) is 4.88. The summed E-state index contributed by atoms with van der Waals surface area (Å²) in [7, 11) is 0. The van der Waals surface area contributed by atoms with E-state index in [4.69, 9.17) is 37.4 Å². The van der Waals surface area contributed by atoms with E-state index in [-0.39, 0.29) is 24.1 Å². The molecule has 0 bridgehead atoms. The molecule has 37 heavy (non-hydrogen) atoms. The number of ether oxygens (including phenoxy) is 3. The molecule has 3 aromatic rings. The monoisotopic (exact) mass is 538 g/mol. The normalized spacial score (nSPS) is 18.3. The fraction of sp³-hybridized carbons (Fsp3) is 0.250. The van der Waals surface area contributed by atoms with Gasteiger partial charge in [-0.3, -0.25) is 14.6 Å². The Labute approximate surface area is 224 Å². The number of Topliss-reactive ketones (excluding diaryl/α,β-unsaturated/α-hetero) is 1. The van der Waals surface area contributed by atoms with Crippen LogP contribution in [-0.4, -0.2) is 53.7 Å². The minimum atomic E-state index is -0.226. The zero-order valence-electron chi connectivity index (χ0n) is 19.9. The van der Waals surface area contributed by atoms with Crippen LogP contribution < -0.4 is 14.2 Å². The number of nitrogens with zero attached hydrogens (tertiary/aromatic N) is 2. The Kier molecular flexibility index (Phi) is 6.46. The molecular weight excluding hydrogens is 515 g/mol. The van der Waals surface area contributed by atoms with Gasteiger partial charge in [-0.15, -0.1) is 0 Å². The van der Waals surface area contributed by atoms with Gasteiger partial charge in [0.05, 0.1) is 21.2 Å². The van der Waals surface area contributed by atoms with Crippen molar-refractivity contribution in [3.63, 3.8) is 0 Å². The number of rotatable bonds is 5. The molecule has 3 aliphatic rings. The van der Waals surface area contributed by atoms with E-state index < -0.39 is 0 Å². The molecule has 9 heteroatoms. The molecule has 1 fully saturated rings. The zero-order valence-corrected chi connectivity index (χ0v) is 21.4. The van der Waals surface area contributed by atoms with Crippen molar-refractivity contribution >= 4 is 35.1 Å². The number of allylic oxidation sites excluding steroid dienone is 1. The molecule has 0 amide bonds. The molecule has 3 heterocycles. The Morgan fingerprint density at radius 2 is 1.62 bits per heavy atom. The van der Waals surface area contributed by atoms with Crippen LogP contribution in [0.1, 0.15) is 27.0 Å². The van der Waals surface area contributed by atoms with Crippen LogP contribution in [0.5, 0.6) is 23.0 Å². The maximum absolute atomic E-state index is 13.0. The SMILES string of the molecule is O=C1/C(=C/c2ccc(Cl)c(Cl)c2)Oc2c1ccc(O)c2CN1CCN(Cc2ccc3c(c2)OCO3)CC1. The van der Waals surface area contributed by atoms with Crippen LogP contribution in [0.15, 0.2) is 54.3 Å². The highest BCUT2D eigenvalue weighted by Gasteiger charge is 2.32. The highest BCUT2D eigenvalue weighted by molar-refractivity contribution is 6.42. The van der Waals surface area contributed by atoms with Crippen LogP contribution in [0.4, 0.5) is 0 Å². The van der Waals surface area contributed by atoms with Crippen LogP contribution in [-0.2, 0) is 13.1 Å². The molecule has 0 aromatic heterocycles. The Morgan fingerprint density at radius 1 is 0.865 bits per heavy atom. The summed E-state index contributed by atoms with van der Waals surface area (Å²) in [6.07, 6.45) is 1.64. The van der Waals surface area contributed by atoms with Crippen molar-refractivity contribution < 1.29 is 24.1 Å². The van der Waals surface area contributed by atoms with E-state index >= 15 is 0 Å². The summed E-state index contributed by atoms with van der Waals surface area (Å²) < 4.78 is 16.9. The van der Waals surface area contributed by atoms with Gasteiger partial charge in [0, 0.05) is 39.3 Å². The zero-order chi connectivity index (χ0) is 25.5. The minimum absolute atomic E-state index is 0.116. The number of benzene rings is 3. The van der Waals surface area contributed by atoms with Crippen molar-refractivity contribution in [3.8, 4) is 23.0 Å². The minimum Gasteiger partial charge on any atom is -0.507 e. The maximum Gasteiger partial charge on any atom is 0.231 e. The standard InChI is InChI=1S/C28H24Cl2N2O5/c29-21-4-1-17(11-22(21)30)12-26-27(34)19-3-5-23(33)20(28(19)37-26)15-32-9-7-31(8-10-32)14-18-2-6-24-25(13-18)36-16-35-24/h1-6,11-13,33H,7-10,14-16H2/b26-12-. The number of hydrogen-bond donors (Lipinski definition) is 1. The number of aromatic hydroxyl groups is 1. The Balaban J connectivity index is 1.13. The van der Waals surface area contributed by atoms with E-state index in [0.29, 0.717) is 39.0 Å². The van der Waals surface area contributed by atoms with Crippen LogP contribution in [0.25, 0.3) is 6.08 Å². The van der Waals surface area contributed by atoms with Gasteiger partial charge in [0.2, 0.25) is 12.6 Å². The number of fused-ring (bicyclic) bond motifs is 2. The van der Waals surface area contributed by atoms with Gasteiger partial charge < -0.3 is 19.3 Å². The highest BCUT2D eigenvalue weighted by atomic mass is 35.5. The van der Waals surface area contributed by atoms with E-state index in [0.717, 1.165) is 44.2 Å². The third-order valence-electron chi connectivity index (χ3n) is 6.85. The molecule has 190 valence electrons. The number of carbonyl (C=O) groups is 1. The van der Waals surface area contributed by atoms with E-state index in [1.807, 2.05) is 12.1 Å². The van der Waals surface area contributed by atoms with E-state index in [1.165, 1.54) is 5.56 Å². The van der Waals surface area contributed by atoms with Crippen molar-refractivity contribution in [1.82, 2.24) is 9.80 Å². The fourth-order valence-electron chi connectivity index (χ4n) is 4.83. The van der Waals surface area contributed by atoms with Gasteiger partial charge in [0.25, 0.3) is 0 Å². The third-order valence-corrected chi connectivity index (χ3v) is 7.59. The first-order chi connectivity index (χ1) is 17.9. The van der Waals surface area contributed by atoms with Crippen molar-refractivity contribution in [2.75, 3.05) is 33.0 Å². The molecule has 1 N–H and O–H groups in total. The van der Waals surface area contributed by atoms with Gasteiger partial charge in [0.1, 0.15) is 11.5 Å². The van der Waals surface area contributed by atoms with Crippen molar-refractivity contribution in [2.45, 2.75) is 13.1 Å². The summed E-state index contributed by atoms with van der Waals surface area (Å²) in [6.45, 7) is 5.01. The Bertz CT molecular complexity index is 1420. The van der Waals surface area contributed by atoms with E-state index in [1.54, 1.807) is 36.4 Å². The molecule has 7 nitrogen and oxygen atoms in total. The lowest BCUT2D eigenvalue weighted by Gasteiger charge is -2.35. The molecular formula is C28H24Cl2N2O5. The van der Waals surface area contributed by atoms with E-state index in [9.17, 15) is 9.90 Å². The van der Waals surface area contributed by atoms with Crippen LogP contribution in [0, 0.1) is 0 Å². The molecule has 3 aromatic carbocycles. The fourth-order valence-corrected chi connectivity index (χ4v) is 5.14. The van der Waals surface area contributed by atoms with Crippen LogP contribution >= 0.6 is 23.2 Å². The number of carbonyl (C=O) groups excluding carboxylic acids is 1. The van der Waals surface area contributed by atoms with Gasteiger partial charge in [0.15, 0.2) is 17.3 Å². The molecule has 1 saturated heterocycles. The first kappa shape index (κ1) is 24.1. The van der Waals surface area contributed by atoms with Gasteiger partial charge in [-0.05, 0) is 53.6 Å². The van der Waals surface area contributed by atoms with Crippen molar-refractivity contribution in [1.29, 1.82) is 0 Å². The predicted molar refractivity (Wildman–Crippen MR) is 141 cm³/mol. The second-order valence-corrected chi connectivity index (χ2v) is 10.1. The summed E-state index contributed by atoms with van der Waals surface area (Å²) in [5.41, 5.74) is 2.95. The smallest absolute Gasteiger partial charge is 0.231 e. The van der Waals surface area contributed by atoms with Crippen LogP contribution in [0.2, 0.25) is 10.0 Å². The molecule has 0 aliphatic carbocycles. The van der Waals surface area contributed by atoms with Crippen molar-refractivity contribution in [3.05, 3.63) is 86.6 Å². The van der Waals surface area contributed by atoms with E-state index in [2.05, 4.69) is 15.9 Å². The second-order valence-electron chi connectivity index (χ2n) is 9.29. The topological polar surface area (TPSA) is 71.5 Å². The molecule has 0 radical (unpaired) electrons. The summed E-state index contributed by atoms with van der Waals surface area (Å²) in [6, 6.07) is 14.4. The first-order valence-corrected chi connectivity index (χ1v) is 12.8. The average Bonchev–Trinajstić information content (AvgIpc) is 3.48. The van der Waals surface area contributed by atoms with Gasteiger partial charge in [-0.2, -0.15) is 0 Å². The molecule has 0 saturated carbocycles. The quantitative estimate of drug-likeness (QED) is 0.438. The molecule has 0 atom stereocenters. The number of ketones is 1. The number of piperazine rings is 1. The molecule has 3 aliphatic heterocycles. The first-order valence-electron chi connectivity index (χ1n) is 12.0. The van der Waals surface area contributed by atoms with Crippen molar-refractivity contribution in [2.24, 2.45) is 0 Å². The lowest BCUT2D eigenvalue weighted by atomic mass is 10.0. The number of halogens is 2. The average molecular weight is 539 g/mol. The van der Waals surface area contributed by atoms with Gasteiger partial charge >= 0.3 is 0 Å². The second kappa shape index (κ2) is 9.91. The Hall–Kier alpha value is -3.23. The van der Waals surface area contributed by atoms with Gasteiger partial charge in [-0.25, -0.2) is 0 Å². The number of phenols is 1. The van der Waals surface area contributed by atoms with Gasteiger partial charge in [-0.1, -0.05) is 35.3 Å². The molecule has 0 spiro atoms. The van der Waals surface area contributed by atoms with Crippen LogP contribution in [0.3, 0.4) is 0 Å². The summed E-state index contributed by atoms with van der Waals surface area (Å²) in [4.78, 5) is 17.7. The summed E-state index contributed by atoms with van der Waals surface area (Å²) in [5, 5.41) is 11.5. The predicted octanol–water partition coefficient (Wildman–Crippen LogP) is 5.36. The lowest BCUT2D eigenvalue weighted by Crippen LogP contribution is -2.45. The number of phenolic OH excluding ortho intramolecular Hbond substituents is 1. The molecule has 0 unspecified atom stereocenters.